The summed E-state index contributed by atoms with van der Waals surface area (Å²) in [5.74, 6) is 0.0208. The van der Waals surface area contributed by atoms with E-state index in [1.807, 2.05) is 10.9 Å². The zero-order valence-corrected chi connectivity index (χ0v) is 17.3. The van der Waals surface area contributed by atoms with Crippen molar-refractivity contribution in [3.8, 4) is 11.3 Å². The monoisotopic (exact) mass is 398 g/mol. The van der Waals surface area contributed by atoms with Gasteiger partial charge in [0, 0.05) is 38.8 Å². The maximum atomic E-state index is 11.8. The first-order valence-electron chi connectivity index (χ1n) is 10.4. The molecule has 2 fully saturated rings. The van der Waals surface area contributed by atoms with E-state index in [4.69, 9.17) is 4.74 Å². The van der Waals surface area contributed by atoms with Gasteiger partial charge in [-0.25, -0.2) is 4.68 Å². The molecular formula is C21H30N6O2. The van der Waals surface area contributed by atoms with Gasteiger partial charge in [0.05, 0.1) is 30.5 Å². The fourth-order valence-corrected chi connectivity index (χ4v) is 4.33. The molecule has 2 aliphatic rings. The molecule has 29 heavy (non-hydrogen) atoms. The second-order valence-electron chi connectivity index (χ2n) is 8.20. The van der Waals surface area contributed by atoms with Crippen LogP contribution < -0.4 is 10.6 Å². The Bertz CT molecular complexity index is 826. The Morgan fingerprint density at radius 3 is 2.66 bits per heavy atom. The minimum atomic E-state index is -0.164. The number of amides is 1. The molecule has 1 amide bonds. The molecule has 0 spiro atoms. The van der Waals surface area contributed by atoms with Gasteiger partial charge < -0.3 is 15.4 Å². The molecule has 0 unspecified atom stereocenters. The minimum Gasteiger partial charge on any atom is -0.373 e. The number of likely N-dealkylation sites (N-methyl/N-ethyl adjacent to an activating group) is 1. The highest BCUT2D eigenvalue weighted by Gasteiger charge is 2.30. The van der Waals surface area contributed by atoms with Crippen molar-refractivity contribution >= 4 is 5.91 Å². The highest BCUT2D eigenvalue weighted by Crippen LogP contribution is 2.23. The SMILES string of the molecule is CNC(=O)[C@@H]1C[C@@H](n2cc(-c3ccc(CN4C[C@@H](C)O[C@@H](C)C4)cc3)nn2)CN1. The summed E-state index contributed by atoms with van der Waals surface area (Å²) in [6, 6.07) is 8.52. The zero-order chi connectivity index (χ0) is 20.4. The number of ether oxygens (including phenoxy) is 1. The molecule has 0 bridgehead atoms. The van der Waals surface area contributed by atoms with Gasteiger partial charge in [-0.2, -0.15) is 0 Å². The number of carbonyl (C=O) groups excluding carboxylic acids is 1. The van der Waals surface area contributed by atoms with Crippen LogP contribution in [0.2, 0.25) is 0 Å². The van der Waals surface area contributed by atoms with Crippen LogP contribution in [0.4, 0.5) is 0 Å². The molecule has 1 aromatic heterocycles. The van der Waals surface area contributed by atoms with Crippen LogP contribution in [0.3, 0.4) is 0 Å². The predicted molar refractivity (Wildman–Crippen MR) is 110 cm³/mol. The van der Waals surface area contributed by atoms with Crippen molar-refractivity contribution in [1.29, 1.82) is 0 Å². The average molecular weight is 399 g/mol. The highest BCUT2D eigenvalue weighted by atomic mass is 16.5. The van der Waals surface area contributed by atoms with E-state index in [0.29, 0.717) is 0 Å². The minimum absolute atomic E-state index is 0.0208. The van der Waals surface area contributed by atoms with Gasteiger partial charge in [0.15, 0.2) is 0 Å². The van der Waals surface area contributed by atoms with Gasteiger partial charge in [0.1, 0.15) is 5.69 Å². The highest BCUT2D eigenvalue weighted by molar-refractivity contribution is 5.81. The summed E-state index contributed by atoms with van der Waals surface area (Å²) in [5.41, 5.74) is 3.20. The number of aromatic nitrogens is 3. The van der Waals surface area contributed by atoms with E-state index < -0.39 is 0 Å². The molecule has 2 aromatic rings. The van der Waals surface area contributed by atoms with Gasteiger partial charge in [0.25, 0.3) is 0 Å². The van der Waals surface area contributed by atoms with Crippen LogP contribution in [0.5, 0.6) is 0 Å². The maximum absolute atomic E-state index is 11.8. The maximum Gasteiger partial charge on any atom is 0.236 e. The standard InChI is InChI=1S/C21H30N6O2/c1-14-10-26(11-15(2)29-14)12-16-4-6-17(7-5-16)20-13-27(25-24-20)18-8-19(23-9-18)21(28)22-3/h4-7,13-15,18-19,23H,8-12H2,1-3H3,(H,22,28)/t14-,15+,18-,19+/m1/s1. The molecule has 2 N–H and O–H groups in total. The smallest absolute Gasteiger partial charge is 0.236 e. The Balaban J connectivity index is 1.38. The van der Waals surface area contributed by atoms with E-state index in [0.717, 1.165) is 43.9 Å². The van der Waals surface area contributed by atoms with Crippen molar-refractivity contribution in [2.75, 3.05) is 26.7 Å². The van der Waals surface area contributed by atoms with Gasteiger partial charge in [-0.15, -0.1) is 5.10 Å². The van der Waals surface area contributed by atoms with Gasteiger partial charge in [-0.1, -0.05) is 29.5 Å². The lowest BCUT2D eigenvalue weighted by atomic mass is 10.1. The van der Waals surface area contributed by atoms with E-state index in [-0.39, 0.29) is 30.2 Å². The number of nitrogens with zero attached hydrogens (tertiary/aromatic N) is 4. The van der Waals surface area contributed by atoms with Crippen LogP contribution in [0.25, 0.3) is 11.3 Å². The molecule has 156 valence electrons. The summed E-state index contributed by atoms with van der Waals surface area (Å²) in [5, 5.41) is 14.6. The van der Waals surface area contributed by atoms with E-state index >= 15 is 0 Å². The molecule has 2 aliphatic heterocycles. The normalized spacial score (nSPS) is 27.8. The Hall–Kier alpha value is -2.29. The molecule has 8 nitrogen and oxygen atoms in total. The predicted octanol–water partition coefficient (Wildman–Crippen LogP) is 1.20. The van der Waals surface area contributed by atoms with Gasteiger partial charge in [0.2, 0.25) is 5.91 Å². The van der Waals surface area contributed by atoms with Crippen molar-refractivity contribution in [1.82, 2.24) is 30.5 Å². The van der Waals surface area contributed by atoms with Crippen LogP contribution >= 0.6 is 0 Å². The zero-order valence-electron chi connectivity index (χ0n) is 17.3. The Morgan fingerprint density at radius 2 is 1.97 bits per heavy atom. The summed E-state index contributed by atoms with van der Waals surface area (Å²) < 4.78 is 7.69. The number of hydrogen-bond acceptors (Lipinski definition) is 6. The van der Waals surface area contributed by atoms with E-state index in [1.165, 1.54) is 5.56 Å². The van der Waals surface area contributed by atoms with Gasteiger partial charge in [-0.05, 0) is 25.8 Å². The summed E-state index contributed by atoms with van der Waals surface area (Å²) in [4.78, 5) is 14.2. The number of rotatable bonds is 5. The van der Waals surface area contributed by atoms with Gasteiger partial charge in [-0.3, -0.25) is 9.69 Å². The number of nitrogens with one attached hydrogen (secondary N) is 2. The Kier molecular flexibility index (Phi) is 5.94. The summed E-state index contributed by atoms with van der Waals surface area (Å²) in [6.45, 7) is 7.84. The third-order valence-corrected chi connectivity index (χ3v) is 5.71. The lowest BCUT2D eigenvalue weighted by molar-refractivity contribution is -0.122. The van der Waals surface area contributed by atoms with Crippen LogP contribution in [0.1, 0.15) is 31.9 Å². The van der Waals surface area contributed by atoms with Crippen LogP contribution in [-0.2, 0) is 16.1 Å². The second kappa shape index (κ2) is 8.61. The van der Waals surface area contributed by atoms with E-state index in [2.05, 4.69) is 64.0 Å². The fraction of sp³-hybridized carbons (Fsp3) is 0.571. The first kappa shape index (κ1) is 20.0. The first-order chi connectivity index (χ1) is 14.0. The van der Waals surface area contributed by atoms with E-state index in [9.17, 15) is 4.79 Å². The molecular weight excluding hydrogens is 368 g/mol. The largest absolute Gasteiger partial charge is 0.373 e. The number of carbonyl (C=O) groups is 1. The summed E-state index contributed by atoms with van der Waals surface area (Å²) in [6.07, 6.45) is 3.25. The molecule has 4 rings (SSSR count). The van der Waals surface area contributed by atoms with Crippen molar-refractivity contribution in [3.63, 3.8) is 0 Å². The molecule has 0 saturated carbocycles. The van der Waals surface area contributed by atoms with Crippen molar-refractivity contribution in [2.24, 2.45) is 0 Å². The number of hydrogen-bond donors (Lipinski definition) is 2. The van der Waals surface area contributed by atoms with Crippen LogP contribution in [0.15, 0.2) is 30.5 Å². The topological polar surface area (TPSA) is 84.3 Å². The molecule has 3 heterocycles. The quantitative estimate of drug-likeness (QED) is 0.788. The molecule has 1 aromatic carbocycles. The molecule has 0 radical (unpaired) electrons. The first-order valence-corrected chi connectivity index (χ1v) is 10.4. The van der Waals surface area contributed by atoms with Crippen molar-refractivity contribution < 1.29 is 9.53 Å². The third kappa shape index (κ3) is 4.66. The second-order valence-corrected chi connectivity index (χ2v) is 8.20. The summed E-state index contributed by atoms with van der Waals surface area (Å²) in [7, 11) is 1.66. The number of benzene rings is 1. The van der Waals surface area contributed by atoms with E-state index in [1.54, 1.807) is 7.05 Å². The van der Waals surface area contributed by atoms with Crippen molar-refractivity contribution in [3.05, 3.63) is 36.0 Å². The van der Waals surface area contributed by atoms with Crippen molar-refractivity contribution in [2.45, 2.75) is 51.1 Å². The Morgan fingerprint density at radius 1 is 1.24 bits per heavy atom. The van der Waals surface area contributed by atoms with Crippen LogP contribution in [-0.4, -0.2) is 70.7 Å². The van der Waals surface area contributed by atoms with Crippen LogP contribution in [0, 0.1) is 0 Å². The molecule has 4 atom stereocenters. The molecule has 0 aliphatic carbocycles. The number of morpholine rings is 1. The fourth-order valence-electron chi connectivity index (χ4n) is 4.33. The lowest BCUT2D eigenvalue weighted by Crippen LogP contribution is -2.44. The Labute approximate surface area is 171 Å². The molecule has 8 heteroatoms. The third-order valence-electron chi connectivity index (χ3n) is 5.71. The molecule has 2 saturated heterocycles. The lowest BCUT2D eigenvalue weighted by Gasteiger charge is -2.35. The average Bonchev–Trinajstić information content (AvgIpc) is 3.37. The van der Waals surface area contributed by atoms with Gasteiger partial charge >= 0.3 is 0 Å². The summed E-state index contributed by atoms with van der Waals surface area (Å²) >= 11 is 0.